The fourth-order valence-corrected chi connectivity index (χ4v) is 3.81. The maximum Gasteiger partial charge on any atom is 0.230 e. The monoisotopic (exact) mass is 444 g/mol. The van der Waals surface area contributed by atoms with Gasteiger partial charge in [0.25, 0.3) is 0 Å². The van der Waals surface area contributed by atoms with Crippen LogP contribution in [0.1, 0.15) is 25.2 Å². The molecule has 0 bridgehead atoms. The minimum absolute atomic E-state index is 0.0590. The summed E-state index contributed by atoms with van der Waals surface area (Å²) in [6.45, 7) is 3.82. The van der Waals surface area contributed by atoms with Crippen LogP contribution in [0, 0.1) is 5.82 Å². The van der Waals surface area contributed by atoms with Gasteiger partial charge in [0, 0.05) is 18.2 Å². The van der Waals surface area contributed by atoms with Crippen LogP contribution in [-0.2, 0) is 11.2 Å². The summed E-state index contributed by atoms with van der Waals surface area (Å²) in [6.07, 6.45) is 0.462. The number of rotatable bonds is 9. The summed E-state index contributed by atoms with van der Waals surface area (Å²) in [5.41, 5.74) is 1.66. The number of benzene rings is 2. The Morgan fingerprint density at radius 1 is 1.10 bits per heavy atom. The van der Waals surface area contributed by atoms with Crippen molar-refractivity contribution in [3.05, 3.63) is 59.7 Å². The molecule has 0 aliphatic heterocycles. The van der Waals surface area contributed by atoms with Gasteiger partial charge in [-0.15, -0.1) is 10.2 Å². The smallest absolute Gasteiger partial charge is 0.230 e. The number of thioether (sulfide) groups is 1. The zero-order valence-corrected chi connectivity index (χ0v) is 18.7. The Bertz CT molecular complexity index is 1040. The first kappa shape index (κ1) is 22.6. The number of carbonyl (C=O) groups is 1. The largest absolute Gasteiger partial charge is 0.493 e. The molecule has 0 unspecified atom stereocenters. The third-order valence-electron chi connectivity index (χ3n) is 4.38. The third kappa shape index (κ3) is 5.75. The van der Waals surface area contributed by atoms with E-state index in [1.807, 2.05) is 36.6 Å². The van der Waals surface area contributed by atoms with Crippen LogP contribution in [-0.4, -0.2) is 46.7 Å². The van der Waals surface area contributed by atoms with Gasteiger partial charge in [0.05, 0.1) is 20.0 Å². The lowest BCUT2D eigenvalue weighted by Gasteiger charge is -2.12. The number of nitrogens with zero attached hydrogens (tertiary/aromatic N) is 3. The highest BCUT2D eigenvalue weighted by atomic mass is 32.2. The molecular formula is C22H25FN4O3S. The van der Waals surface area contributed by atoms with Crippen molar-refractivity contribution in [2.75, 3.05) is 20.0 Å². The Hall–Kier alpha value is -3.07. The van der Waals surface area contributed by atoms with E-state index in [2.05, 4.69) is 15.5 Å². The molecule has 0 atom stereocenters. The second-order valence-electron chi connectivity index (χ2n) is 7.09. The van der Waals surface area contributed by atoms with Crippen LogP contribution in [0.3, 0.4) is 0 Å². The topological polar surface area (TPSA) is 78.3 Å². The van der Waals surface area contributed by atoms with Crippen LogP contribution >= 0.6 is 11.8 Å². The Labute approximate surface area is 185 Å². The van der Waals surface area contributed by atoms with Crippen molar-refractivity contribution >= 4 is 17.7 Å². The van der Waals surface area contributed by atoms with E-state index in [0.29, 0.717) is 34.6 Å². The van der Waals surface area contributed by atoms with Crippen LogP contribution in [0.4, 0.5) is 4.39 Å². The number of hydrogen-bond acceptors (Lipinski definition) is 6. The number of carbonyl (C=O) groups excluding carboxylic acids is 1. The predicted octanol–water partition coefficient (Wildman–Crippen LogP) is 3.63. The van der Waals surface area contributed by atoms with E-state index >= 15 is 0 Å². The van der Waals surface area contributed by atoms with Gasteiger partial charge < -0.3 is 14.8 Å². The van der Waals surface area contributed by atoms with Crippen molar-refractivity contribution in [1.82, 2.24) is 20.1 Å². The molecule has 1 heterocycles. The van der Waals surface area contributed by atoms with Crippen LogP contribution in [0.25, 0.3) is 5.69 Å². The number of ether oxygens (including phenoxy) is 2. The highest BCUT2D eigenvalue weighted by Gasteiger charge is 2.17. The molecule has 0 aliphatic rings. The highest BCUT2D eigenvalue weighted by molar-refractivity contribution is 7.99. The lowest BCUT2D eigenvalue weighted by molar-refractivity contribution is -0.119. The molecule has 31 heavy (non-hydrogen) atoms. The van der Waals surface area contributed by atoms with Crippen molar-refractivity contribution in [2.45, 2.75) is 31.5 Å². The van der Waals surface area contributed by atoms with Crippen LogP contribution in [0.5, 0.6) is 11.5 Å². The molecule has 9 heteroatoms. The summed E-state index contributed by atoms with van der Waals surface area (Å²) >= 11 is 1.28. The van der Waals surface area contributed by atoms with E-state index < -0.39 is 0 Å². The van der Waals surface area contributed by atoms with Gasteiger partial charge in [-0.3, -0.25) is 9.36 Å². The van der Waals surface area contributed by atoms with Gasteiger partial charge in [-0.2, -0.15) is 0 Å². The normalized spacial score (nSPS) is 10.9. The SMILES string of the molecule is COc1ccc(Cc2nnc(SCC(=O)NC(C)C)n2-c2ccc(F)cc2)cc1OC. The predicted molar refractivity (Wildman–Crippen MR) is 118 cm³/mol. The lowest BCUT2D eigenvalue weighted by Crippen LogP contribution is -2.31. The van der Waals surface area contributed by atoms with Gasteiger partial charge in [0.1, 0.15) is 11.6 Å². The van der Waals surface area contributed by atoms with Crippen LogP contribution in [0.2, 0.25) is 0 Å². The Morgan fingerprint density at radius 2 is 1.81 bits per heavy atom. The summed E-state index contributed by atoms with van der Waals surface area (Å²) in [5.74, 6) is 1.70. The summed E-state index contributed by atoms with van der Waals surface area (Å²) in [6, 6.07) is 11.8. The summed E-state index contributed by atoms with van der Waals surface area (Å²) in [4.78, 5) is 12.1. The van der Waals surface area contributed by atoms with Crippen LogP contribution in [0.15, 0.2) is 47.6 Å². The highest BCUT2D eigenvalue weighted by Crippen LogP contribution is 2.29. The first-order valence-corrected chi connectivity index (χ1v) is 10.7. The van der Waals surface area contributed by atoms with E-state index in [1.54, 1.807) is 26.4 Å². The molecule has 1 aromatic heterocycles. The first-order chi connectivity index (χ1) is 14.9. The Balaban J connectivity index is 1.92. The average molecular weight is 445 g/mol. The fourth-order valence-electron chi connectivity index (χ4n) is 3.02. The number of amides is 1. The van der Waals surface area contributed by atoms with Gasteiger partial charge in [-0.1, -0.05) is 17.8 Å². The molecule has 2 aromatic carbocycles. The third-order valence-corrected chi connectivity index (χ3v) is 5.31. The van der Waals surface area contributed by atoms with Crippen molar-refractivity contribution in [1.29, 1.82) is 0 Å². The van der Waals surface area contributed by atoms with E-state index in [-0.39, 0.29) is 23.5 Å². The molecule has 7 nitrogen and oxygen atoms in total. The molecule has 3 aromatic rings. The van der Waals surface area contributed by atoms with E-state index in [0.717, 1.165) is 5.56 Å². The van der Waals surface area contributed by atoms with Crippen molar-refractivity contribution in [2.24, 2.45) is 0 Å². The molecule has 1 N–H and O–H groups in total. The zero-order chi connectivity index (χ0) is 22.4. The molecule has 0 saturated heterocycles. The fraction of sp³-hybridized carbons (Fsp3) is 0.318. The lowest BCUT2D eigenvalue weighted by atomic mass is 10.1. The number of aromatic nitrogens is 3. The Morgan fingerprint density at radius 3 is 2.45 bits per heavy atom. The average Bonchev–Trinajstić information content (AvgIpc) is 3.14. The molecule has 164 valence electrons. The Kier molecular flexibility index (Phi) is 7.51. The molecule has 0 fully saturated rings. The van der Waals surface area contributed by atoms with Gasteiger partial charge in [0.2, 0.25) is 5.91 Å². The molecule has 3 rings (SSSR count). The number of halogens is 1. The summed E-state index contributed by atoms with van der Waals surface area (Å²) in [7, 11) is 3.17. The maximum absolute atomic E-state index is 13.5. The minimum Gasteiger partial charge on any atom is -0.493 e. The maximum atomic E-state index is 13.5. The summed E-state index contributed by atoms with van der Waals surface area (Å²) in [5, 5.41) is 12.0. The molecule has 0 aliphatic carbocycles. The van der Waals surface area contributed by atoms with Crippen molar-refractivity contribution in [3.63, 3.8) is 0 Å². The van der Waals surface area contributed by atoms with Gasteiger partial charge in [-0.05, 0) is 55.8 Å². The van der Waals surface area contributed by atoms with E-state index in [1.165, 1.54) is 23.9 Å². The van der Waals surface area contributed by atoms with Gasteiger partial charge in [-0.25, -0.2) is 4.39 Å². The van der Waals surface area contributed by atoms with Crippen molar-refractivity contribution in [3.8, 4) is 17.2 Å². The number of nitrogens with one attached hydrogen (secondary N) is 1. The second kappa shape index (κ2) is 10.3. The number of methoxy groups -OCH3 is 2. The van der Waals surface area contributed by atoms with Crippen LogP contribution < -0.4 is 14.8 Å². The van der Waals surface area contributed by atoms with Gasteiger partial charge in [0.15, 0.2) is 16.7 Å². The van der Waals surface area contributed by atoms with E-state index in [4.69, 9.17) is 9.47 Å². The standard InChI is InChI=1S/C22H25FN4O3S/c1-14(2)24-21(28)13-31-22-26-25-20(27(22)17-8-6-16(23)7-9-17)12-15-5-10-18(29-3)19(11-15)30-4/h5-11,14H,12-13H2,1-4H3,(H,24,28). The second-order valence-corrected chi connectivity index (χ2v) is 8.03. The zero-order valence-electron chi connectivity index (χ0n) is 17.9. The molecule has 0 saturated carbocycles. The number of hydrogen-bond donors (Lipinski definition) is 1. The summed E-state index contributed by atoms with van der Waals surface area (Å²) < 4.78 is 26.0. The minimum atomic E-state index is -0.330. The molecule has 0 radical (unpaired) electrons. The van der Waals surface area contributed by atoms with Crippen molar-refractivity contribution < 1.29 is 18.7 Å². The van der Waals surface area contributed by atoms with Gasteiger partial charge >= 0.3 is 0 Å². The first-order valence-electron chi connectivity index (χ1n) is 9.74. The van der Waals surface area contributed by atoms with E-state index in [9.17, 15) is 9.18 Å². The molecule has 1 amide bonds. The molecular weight excluding hydrogens is 419 g/mol. The quantitative estimate of drug-likeness (QED) is 0.508. The molecule has 0 spiro atoms.